The molecule has 1 unspecified atom stereocenters. The van der Waals surface area contributed by atoms with E-state index in [1.807, 2.05) is 6.92 Å². The SMILES string of the molecule is CCCCCOc1ccc(C(C)NCc2cc(C)[nH]n2)cc1. The first-order valence-electron chi connectivity index (χ1n) is 8.16. The predicted molar refractivity (Wildman–Crippen MR) is 90.0 cm³/mol. The number of rotatable bonds is 9. The van der Waals surface area contributed by atoms with Crippen molar-refractivity contribution in [1.82, 2.24) is 15.5 Å². The molecule has 0 aliphatic heterocycles. The molecule has 2 N–H and O–H groups in total. The summed E-state index contributed by atoms with van der Waals surface area (Å²) in [6.07, 6.45) is 3.58. The number of aryl methyl sites for hydroxylation is 1. The van der Waals surface area contributed by atoms with Crippen molar-refractivity contribution in [2.45, 2.75) is 52.6 Å². The van der Waals surface area contributed by atoms with E-state index in [0.29, 0.717) is 0 Å². The van der Waals surface area contributed by atoms with Crippen LogP contribution in [-0.2, 0) is 6.54 Å². The van der Waals surface area contributed by atoms with Gasteiger partial charge in [0.1, 0.15) is 5.75 Å². The van der Waals surface area contributed by atoms with Crippen molar-refractivity contribution in [2.24, 2.45) is 0 Å². The number of nitrogens with one attached hydrogen (secondary N) is 2. The van der Waals surface area contributed by atoms with Crippen LogP contribution in [0.1, 0.15) is 56.1 Å². The average Bonchev–Trinajstić information content (AvgIpc) is 2.95. The molecule has 2 rings (SSSR count). The minimum Gasteiger partial charge on any atom is -0.494 e. The third-order valence-electron chi connectivity index (χ3n) is 3.75. The summed E-state index contributed by atoms with van der Waals surface area (Å²) in [6, 6.07) is 10.7. The van der Waals surface area contributed by atoms with E-state index in [9.17, 15) is 0 Å². The second-order valence-corrected chi connectivity index (χ2v) is 5.77. The Morgan fingerprint density at radius 2 is 2.00 bits per heavy atom. The number of hydrogen-bond donors (Lipinski definition) is 2. The Labute approximate surface area is 133 Å². The zero-order chi connectivity index (χ0) is 15.8. The molecule has 0 saturated carbocycles. The molecule has 0 aliphatic rings. The van der Waals surface area contributed by atoms with Gasteiger partial charge in [0.2, 0.25) is 0 Å². The highest BCUT2D eigenvalue weighted by molar-refractivity contribution is 5.29. The molecule has 0 amide bonds. The molecular weight excluding hydrogens is 274 g/mol. The van der Waals surface area contributed by atoms with Crippen LogP contribution in [-0.4, -0.2) is 16.8 Å². The van der Waals surface area contributed by atoms with Crippen LogP contribution < -0.4 is 10.1 Å². The quantitative estimate of drug-likeness (QED) is 0.684. The van der Waals surface area contributed by atoms with Crippen LogP contribution in [0.3, 0.4) is 0 Å². The minimum atomic E-state index is 0.283. The monoisotopic (exact) mass is 301 g/mol. The van der Waals surface area contributed by atoms with Gasteiger partial charge in [-0.2, -0.15) is 5.10 Å². The fraction of sp³-hybridized carbons (Fsp3) is 0.500. The second-order valence-electron chi connectivity index (χ2n) is 5.77. The topological polar surface area (TPSA) is 49.9 Å². The van der Waals surface area contributed by atoms with Gasteiger partial charge in [-0.15, -0.1) is 0 Å². The number of aromatic nitrogens is 2. The molecule has 0 aliphatic carbocycles. The molecule has 4 heteroatoms. The van der Waals surface area contributed by atoms with E-state index in [4.69, 9.17) is 4.74 Å². The van der Waals surface area contributed by atoms with E-state index in [2.05, 4.69) is 59.7 Å². The molecule has 120 valence electrons. The molecule has 22 heavy (non-hydrogen) atoms. The third kappa shape index (κ3) is 5.19. The van der Waals surface area contributed by atoms with Crippen molar-refractivity contribution in [1.29, 1.82) is 0 Å². The maximum Gasteiger partial charge on any atom is 0.119 e. The van der Waals surface area contributed by atoms with Gasteiger partial charge >= 0.3 is 0 Å². The smallest absolute Gasteiger partial charge is 0.119 e. The van der Waals surface area contributed by atoms with Crippen molar-refractivity contribution in [2.75, 3.05) is 6.61 Å². The highest BCUT2D eigenvalue weighted by Gasteiger charge is 2.06. The Balaban J connectivity index is 1.78. The molecule has 1 aromatic heterocycles. The Morgan fingerprint density at radius 3 is 2.64 bits per heavy atom. The zero-order valence-corrected chi connectivity index (χ0v) is 13.9. The number of unbranched alkanes of at least 4 members (excludes halogenated alkanes) is 2. The second kappa shape index (κ2) is 8.59. The maximum atomic E-state index is 5.74. The summed E-state index contributed by atoms with van der Waals surface area (Å²) in [7, 11) is 0. The summed E-state index contributed by atoms with van der Waals surface area (Å²) in [5, 5.41) is 10.7. The number of H-pyrrole nitrogens is 1. The van der Waals surface area contributed by atoms with Gasteiger partial charge in [-0.25, -0.2) is 0 Å². The summed E-state index contributed by atoms with van der Waals surface area (Å²) < 4.78 is 5.74. The molecule has 0 bridgehead atoms. The lowest BCUT2D eigenvalue weighted by atomic mass is 10.1. The van der Waals surface area contributed by atoms with E-state index in [0.717, 1.165) is 36.7 Å². The third-order valence-corrected chi connectivity index (χ3v) is 3.75. The first-order chi connectivity index (χ1) is 10.7. The molecule has 1 aromatic carbocycles. The van der Waals surface area contributed by atoms with Gasteiger partial charge in [0.05, 0.1) is 12.3 Å². The zero-order valence-electron chi connectivity index (χ0n) is 13.9. The molecule has 1 heterocycles. The van der Waals surface area contributed by atoms with Crippen LogP contribution >= 0.6 is 0 Å². The fourth-order valence-corrected chi connectivity index (χ4v) is 2.34. The Bertz CT molecular complexity index is 548. The lowest BCUT2D eigenvalue weighted by Crippen LogP contribution is -2.18. The van der Waals surface area contributed by atoms with E-state index >= 15 is 0 Å². The van der Waals surface area contributed by atoms with Crippen LogP contribution in [0.4, 0.5) is 0 Å². The highest BCUT2D eigenvalue weighted by Crippen LogP contribution is 2.18. The van der Waals surface area contributed by atoms with E-state index in [1.54, 1.807) is 0 Å². The predicted octanol–water partition coefficient (Wildman–Crippen LogP) is 4.14. The molecule has 0 spiro atoms. The molecular formula is C18H27N3O. The van der Waals surface area contributed by atoms with E-state index < -0.39 is 0 Å². The Morgan fingerprint density at radius 1 is 1.23 bits per heavy atom. The van der Waals surface area contributed by atoms with Gasteiger partial charge in [-0.3, -0.25) is 5.10 Å². The number of ether oxygens (including phenoxy) is 1. The van der Waals surface area contributed by atoms with Crippen LogP contribution in [0.5, 0.6) is 5.75 Å². The van der Waals surface area contributed by atoms with Crippen LogP contribution in [0.2, 0.25) is 0 Å². The molecule has 0 saturated heterocycles. The normalized spacial score (nSPS) is 12.3. The van der Waals surface area contributed by atoms with Gasteiger partial charge in [-0.05, 0) is 44.0 Å². The Hall–Kier alpha value is -1.81. The van der Waals surface area contributed by atoms with E-state index in [1.165, 1.54) is 18.4 Å². The maximum absolute atomic E-state index is 5.74. The number of nitrogens with zero attached hydrogens (tertiary/aromatic N) is 1. The lowest BCUT2D eigenvalue weighted by molar-refractivity contribution is 0.306. The number of hydrogen-bond acceptors (Lipinski definition) is 3. The first kappa shape index (κ1) is 16.6. The van der Waals surface area contributed by atoms with Gasteiger partial charge in [0.25, 0.3) is 0 Å². The van der Waals surface area contributed by atoms with Gasteiger partial charge in [0.15, 0.2) is 0 Å². The van der Waals surface area contributed by atoms with Crippen molar-refractivity contribution in [3.05, 3.63) is 47.3 Å². The van der Waals surface area contributed by atoms with Crippen molar-refractivity contribution < 1.29 is 4.74 Å². The van der Waals surface area contributed by atoms with E-state index in [-0.39, 0.29) is 6.04 Å². The van der Waals surface area contributed by atoms with Crippen LogP contribution in [0, 0.1) is 6.92 Å². The minimum absolute atomic E-state index is 0.283. The average molecular weight is 301 g/mol. The molecule has 1 atom stereocenters. The summed E-state index contributed by atoms with van der Waals surface area (Å²) in [5.41, 5.74) is 3.39. The Kier molecular flexibility index (Phi) is 6.46. The van der Waals surface area contributed by atoms with Gasteiger partial charge < -0.3 is 10.1 Å². The summed E-state index contributed by atoms with van der Waals surface area (Å²) in [4.78, 5) is 0. The number of benzene rings is 1. The van der Waals surface area contributed by atoms with Crippen molar-refractivity contribution >= 4 is 0 Å². The summed E-state index contributed by atoms with van der Waals surface area (Å²) in [5.74, 6) is 0.954. The highest BCUT2D eigenvalue weighted by atomic mass is 16.5. The molecule has 0 radical (unpaired) electrons. The van der Waals surface area contributed by atoms with Gasteiger partial charge in [-0.1, -0.05) is 31.9 Å². The standard InChI is InChI=1S/C18H27N3O/c1-4-5-6-11-22-18-9-7-16(8-10-18)15(3)19-13-17-12-14(2)20-21-17/h7-10,12,15,19H,4-6,11,13H2,1-3H3,(H,20,21). The lowest BCUT2D eigenvalue weighted by Gasteiger charge is -2.14. The van der Waals surface area contributed by atoms with Crippen molar-refractivity contribution in [3.63, 3.8) is 0 Å². The molecule has 2 aromatic rings. The van der Waals surface area contributed by atoms with Crippen LogP contribution in [0.15, 0.2) is 30.3 Å². The largest absolute Gasteiger partial charge is 0.494 e. The first-order valence-corrected chi connectivity index (χ1v) is 8.16. The molecule has 0 fully saturated rings. The molecule has 4 nitrogen and oxygen atoms in total. The van der Waals surface area contributed by atoms with Crippen LogP contribution in [0.25, 0.3) is 0 Å². The number of aromatic amines is 1. The summed E-state index contributed by atoms with van der Waals surface area (Å²) >= 11 is 0. The fourth-order valence-electron chi connectivity index (χ4n) is 2.34. The van der Waals surface area contributed by atoms with Crippen molar-refractivity contribution in [3.8, 4) is 5.75 Å². The summed E-state index contributed by atoms with van der Waals surface area (Å²) in [6.45, 7) is 7.95. The van der Waals surface area contributed by atoms with Gasteiger partial charge in [0, 0.05) is 18.3 Å².